The van der Waals surface area contributed by atoms with Gasteiger partial charge in [-0.3, -0.25) is 9.59 Å². The van der Waals surface area contributed by atoms with E-state index in [1.807, 2.05) is 0 Å². The molecule has 0 saturated heterocycles. The number of imide groups is 1. The van der Waals surface area contributed by atoms with Crippen molar-refractivity contribution in [1.29, 1.82) is 0 Å². The van der Waals surface area contributed by atoms with Crippen LogP contribution >= 0.6 is 11.6 Å². The van der Waals surface area contributed by atoms with Gasteiger partial charge in [0.1, 0.15) is 33.7 Å². The lowest BCUT2D eigenvalue weighted by Crippen LogP contribution is -2.32. The summed E-state index contributed by atoms with van der Waals surface area (Å²) in [6, 6.07) is 17.5. The molecule has 0 aliphatic carbocycles. The van der Waals surface area contributed by atoms with Crippen molar-refractivity contribution < 1.29 is 33.3 Å². The number of amides is 2. The zero-order valence-corrected chi connectivity index (χ0v) is 20.3. The third kappa shape index (κ3) is 4.82. The third-order valence-electron chi connectivity index (χ3n) is 5.30. The first-order chi connectivity index (χ1) is 17.4. The molecule has 1 aliphatic heterocycles. The van der Waals surface area contributed by atoms with Gasteiger partial charge in [0.05, 0.1) is 32.6 Å². The van der Waals surface area contributed by atoms with Crippen molar-refractivity contribution >= 4 is 40.8 Å². The summed E-state index contributed by atoms with van der Waals surface area (Å²) in [5, 5.41) is 2.58. The average molecular weight is 509 g/mol. The summed E-state index contributed by atoms with van der Waals surface area (Å²) >= 11 is 6.23. The van der Waals surface area contributed by atoms with Gasteiger partial charge in [0, 0.05) is 17.8 Å². The Morgan fingerprint density at radius 2 is 1.47 bits per heavy atom. The van der Waals surface area contributed by atoms with E-state index in [4.69, 9.17) is 30.5 Å². The van der Waals surface area contributed by atoms with Gasteiger partial charge in [-0.05, 0) is 48.5 Å². The van der Waals surface area contributed by atoms with Crippen LogP contribution in [-0.4, -0.2) is 39.1 Å². The highest BCUT2D eigenvalue weighted by Gasteiger charge is 2.40. The van der Waals surface area contributed by atoms with Gasteiger partial charge >= 0.3 is 5.97 Å². The zero-order valence-electron chi connectivity index (χ0n) is 19.5. The summed E-state index contributed by atoms with van der Waals surface area (Å²) in [6.07, 6.45) is 0. The SMILES string of the molecule is COc1cccc(OC(=O)c2ccc(NC3=C(Cl)C(=O)N(c4cc(OC)ccc4OC)C3=O)cc2)c1. The molecule has 1 aliphatic rings. The lowest BCUT2D eigenvalue weighted by Gasteiger charge is -2.19. The largest absolute Gasteiger partial charge is 0.497 e. The third-order valence-corrected chi connectivity index (χ3v) is 5.65. The molecule has 0 saturated carbocycles. The van der Waals surface area contributed by atoms with Gasteiger partial charge in [-0.25, -0.2) is 9.69 Å². The fourth-order valence-corrected chi connectivity index (χ4v) is 3.68. The topological polar surface area (TPSA) is 103 Å². The molecule has 0 aromatic heterocycles. The quantitative estimate of drug-likeness (QED) is 0.272. The Morgan fingerprint density at radius 3 is 2.14 bits per heavy atom. The summed E-state index contributed by atoms with van der Waals surface area (Å²) < 4.78 is 21.0. The molecular formula is C26H21ClN2O7. The molecule has 0 radical (unpaired) electrons. The van der Waals surface area contributed by atoms with Gasteiger partial charge in [0.2, 0.25) is 0 Å². The second-order valence-electron chi connectivity index (χ2n) is 7.44. The summed E-state index contributed by atoms with van der Waals surface area (Å²) in [4.78, 5) is 39.4. The van der Waals surface area contributed by atoms with Crippen LogP contribution in [0.2, 0.25) is 0 Å². The van der Waals surface area contributed by atoms with Crippen molar-refractivity contribution in [3.05, 3.63) is 83.0 Å². The molecule has 0 fully saturated rings. The number of nitrogens with one attached hydrogen (secondary N) is 1. The van der Waals surface area contributed by atoms with Crippen LogP contribution in [0.4, 0.5) is 11.4 Å². The van der Waals surface area contributed by atoms with E-state index in [2.05, 4.69) is 5.32 Å². The maximum atomic E-state index is 13.1. The molecule has 1 N–H and O–H groups in total. The van der Waals surface area contributed by atoms with E-state index in [9.17, 15) is 14.4 Å². The number of carbonyl (C=O) groups is 3. The van der Waals surface area contributed by atoms with Gasteiger partial charge in [0.25, 0.3) is 11.8 Å². The lowest BCUT2D eigenvalue weighted by atomic mass is 10.2. The highest BCUT2D eigenvalue weighted by Crippen LogP contribution is 2.38. The van der Waals surface area contributed by atoms with Crippen LogP contribution in [0.3, 0.4) is 0 Å². The van der Waals surface area contributed by atoms with E-state index in [1.54, 1.807) is 48.5 Å². The Kier molecular flexibility index (Phi) is 7.12. The Hall–Kier alpha value is -4.50. The number of halogens is 1. The van der Waals surface area contributed by atoms with Crippen molar-refractivity contribution in [2.45, 2.75) is 0 Å². The summed E-state index contributed by atoms with van der Waals surface area (Å²) in [5.41, 5.74) is 0.789. The maximum absolute atomic E-state index is 13.1. The molecule has 3 aromatic rings. The van der Waals surface area contributed by atoms with Gasteiger partial charge in [-0.15, -0.1) is 0 Å². The number of nitrogens with zero attached hydrogens (tertiary/aromatic N) is 1. The minimum absolute atomic E-state index is 0.113. The van der Waals surface area contributed by atoms with Gasteiger partial charge in [-0.2, -0.15) is 0 Å². The molecule has 0 unspecified atom stereocenters. The van der Waals surface area contributed by atoms with Crippen molar-refractivity contribution in [1.82, 2.24) is 0 Å². The van der Waals surface area contributed by atoms with Crippen LogP contribution in [0.5, 0.6) is 23.0 Å². The number of anilines is 2. The predicted octanol–water partition coefficient (Wildman–Crippen LogP) is 4.37. The van der Waals surface area contributed by atoms with Crippen LogP contribution in [-0.2, 0) is 9.59 Å². The number of benzene rings is 3. The fraction of sp³-hybridized carbons (Fsp3) is 0.115. The second-order valence-corrected chi connectivity index (χ2v) is 7.82. The molecule has 9 nitrogen and oxygen atoms in total. The maximum Gasteiger partial charge on any atom is 0.343 e. The normalized spacial score (nSPS) is 13.1. The van der Waals surface area contributed by atoms with Gasteiger partial charge in [-0.1, -0.05) is 17.7 Å². The Morgan fingerprint density at radius 1 is 0.806 bits per heavy atom. The lowest BCUT2D eigenvalue weighted by molar-refractivity contribution is -0.120. The number of carbonyl (C=O) groups excluding carboxylic acids is 3. The number of rotatable bonds is 8. The van der Waals surface area contributed by atoms with E-state index in [-0.39, 0.29) is 22.0 Å². The summed E-state index contributed by atoms with van der Waals surface area (Å²) in [7, 11) is 4.41. The second kappa shape index (κ2) is 10.4. The number of esters is 1. The highest BCUT2D eigenvalue weighted by molar-refractivity contribution is 6.53. The highest BCUT2D eigenvalue weighted by atomic mass is 35.5. The van der Waals surface area contributed by atoms with Crippen LogP contribution in [0.15, 0.2) is 77.5 Å². The Balaban J connectivity index is 1.51. The van der Waals surface area contributed by atoms with Gasteiger partial charge in [0.15, 0.2) is 0 Å². The number of methoxy groups -OCH3 is 3. The molecule has 4 rings (SSSR count). The van der Waals surface area contributed by atoms with Crippen LogP contribution in [0, 0.1) is 0 Å². The van der Waals surface area contributed by atoms with E-state index in [0.717, 1.165) is 4.90 Å². The number of hydrogen-bond acceptors (Lipinski definition) is 8. The van der Waals surface area contributed by atoms with Crippen LogP contribution < -0.4 is 29.2 Å². The smallest absolute Gasteiger partial charge is 0.343 e. The minimum atomic E-state index is -0.714. The van der Waals surface area contributed by atoms with E-state index < -0.39 is 17.8 Å². The van der Waals surface area contributed by atoms with Crippen molar-refractivity contribution in [3.63, 3.8) is 0 Å². The number of hydrogen-bond donors (Lipinski definition) is 1. The first-order valence-electron chi connectivity index (χ1n) is 10.6. The molecular weight excluding hydrogens is 488 g/mol. The molecule has 184 valence electrons. The van der Waals surface area contributed by atoms with Crippen LogP contribution in [0.25, 0.3) is 0 Å². The van der Waals surface area contributed by atoms with E-state index in [0.29, 0.717) is 28.7 Å². The van der Waals surface area contributed by atoms with E-state index in [1.165, 1.54) is 39.5 Å². The monoisotopic (exact) mass is 508 g/mol. The Labute approximate surface area is 211 Å². The minimum Gasteiger partial charge on any atom is -0.497 e. The first-order valence-corrected chi connectivity index (χ1v) is 11.0. The number of ether oxygens (including phenoxy) is 4. The molecule has 3 aromatic carbocycles. The first kappa shape index (κ1) is 24.6. The summed E-state index contributed by atoms with van der Waals surface area (Å²) in [5.74, 6) is -0.340. The summed E-state index contributed by atoms with van der Waals surface area (Å²) in [6.45, 7) is 0. The molecule has 1 heterocycles. The van der Waals surface area contributed by atoms with Crippen molar-refractivity contribution in [3.8, 4) is 23.0 Å². The predicted molar refractivity (Wildman–Crippen MR) is 133 cm³/mol. The standard InChI is InChI=1S/C26H21ClN2O7/c1-33-17-5-4-6-19(13-17)36-26(32)15-7-9-16(10-8-15)28-23-22(27)24(30)29(25(23)31)20-14-18(34-2)11-12-21(20)35-3/h4-14,28H,1-3H3. The fourth-order valence-electron chi connectivity index (χ4n) is 3.47. The molecule has 10 heteroatoms. The van der Waals surface area contributed by atoms with Crippen molar-refractivity contribution in [2.75, 3.05) is 31.5 Å². The van der Waals surface area contributed by atoms with Crippen LogP contribution in [0.1, 0.15) is 10.4 Å². The van der Waals surface area contributed by atoms with Crippen molar-refractivity contribution in [2.24, 2.45) is 0 Å². The molecule has 0 spiro atoms. The Bertz CT molecular complexity index is 1370. The molecule has 2 amide bonds. The zero-order chi connectivity index (χ0) is 25.8. The van der Waals surface area contributed by atoms with Gasteiger partial charge < -0.3 is 24.3 Å². The average Bonchev–Trinajstić information content (AvgIpc) is 3.11. The molecule has 0 bridgehead atoms. The molecule has 0 atom stereocenters. The van der Waals surface area contributed by atoms with E-state index >= 15 is 0 Å². The molecule has 36 heavy (non-hydrogen) atoms.